The van der Waals surface area contributed by atoms with E-state index in [1.54, 1.807) is 6.07 Å². The molecule has 0 fully saturated rings. The van der Waals surface area contributed by atoms with Crippen LogP contribution in [-0.2, 0) is 11.3 Å². The van der Waals surface area contributed by atoms with Crippen LogP contribution >= 0.6 is 0 Å². The summed E-state index contributed by atoms with van der Waals surface area (Å²) in [6.07, 6.45) is 1.03. The number of fused-ring (bicyclic) bond motifs is 1. The summed E-state index contributed by atoms with van der Waals surface area (Å²) in [6.45, 7) is 6.15. The molecule has 1 heterocycles. The van der Waals surface area contributed by atoms with Gasteiger partial charge in [-0.2, -0.15) is 0 Å². The van der Waals surface area contributed by atoms with Crippen molar-refractivity contribution in [2.75, 3.05) is 13.2 Å². The van der Waals surface area contributed by atoms with Crippen molar-refractivity contribution >= 4 is 5.97 Å². The number of carbonyl (C=O) groups excluding carboxylic acids is 1. The Balaban J connectivity index is 1.96. The number of carbonyl (C=O) groups is 1. The Morgan fingerprint density at radius 2 is 2.28 bits per heavy atom. The minimum Gasteiger partial charge on any atom is -0.492 e. The molecule has 0 spiro atoms. The van der Waals surface area contributed by atoms with Crippen LogP contribution in [0, 0.1) is 0 Å². The van der Waals surface area contributed by atoms with Gasteiger partial charge in [-0.25, -0.2) is 4.79 Å². The monoisotopic (exact) mass is 249 g/mol. The highest BCUT2D eigenvalue weighted by Gasteiger charge is 2.21. The van der Waals surface area contributed by atoms with Gasteiger partial charge >= 0.3 is 5.97 Å². The van der Waals surface area contributed by atoms with Crippen LogP contribution < -0.4 is 10.1 Å². The molecule has 1 atom stereocenters. The minimum absolute atomic E-state index is 0.240. The fourth-order valence-corrected chi connectivity index (χ4v) is 2.01. The number of likely N-dealkylation sites (N-methyl/N-ethyl adjacent to an activating group) is 1. The van der Waals surface area contributed by atoms with E-state index < -0.39 is 0 Å². The number of esters is 1. The average Bonchev–Trinajstić information content (AvgIpc) is 2.76. The zero-order valence-electron chi connectivity index (χ0n) is 10.9. The molecule has 0 aliphatic carbocycles. The SMILES string of the molecule is CCNC(CC)COc1ccc2c(c1)COC2=O. The van der Waals surface area contributed by atoms with Gasteiger partial charge < -0.3 is 14.8 Å². The van der Waals surface area contributed by atoms with Gasteiger partial charge in [0.2, 0.25) is 0 Å². The van der Waals surface area contributed by atoms with Gasteiger partial charge in [-0.3, -0.25) is 0 Å². The number of benzene rings is 1. The molecule has 4 heteroatoms. The highest BCUT2D eigenvalue weighted by atomic mass is 16.5. The van der Waals surface area contributed by atoms with Crippen molar-refractivity contribution in [3.8, 4) is 5.75 Å². The lowest BCUT2D eigenvalue weighted by Crippen LogP contribution is -2.33. The van der Waals surface area contributed by atoms with Gasteiger partial charge in [-0.1, -0.05) is 13.8 Å². The number of ether oxygens (including phenoxy) is 2. The number of nitrogens with one attached hydrogen (secondary N) is 1. The number of hydrogen-bond donors (Lipinski definition) is 1. The molecular formula is C14H19NO3. The minimum atomic E-state index is -0.240. The Labute approximate surface area is 107 Å². The number of cyclic esters (lactones) is 1. The Hall–Kier alpha value is -1.55. The maximum Gasteiger partial charge on any atom is 0.338 e. The zero-order chi connectivity index (χ0) is 13.0. The van der Waals surface area contributed by atoms with Gasteiger partial charge in [0.25, 0.3) is 0 Å². The quantitative estimate of drug-likeness (QED) is 0.785. The first kappa shape index (κ1) is 12.9. The predicted octanol–water partition coefficient (Wildman–Crippen LogP) is 2.12. The zero-order valence-corrected chi connectivity index (χ0v) is 10.9. The van der Waals surface area contributed by atoms with Crippen molar-refractivity contribution in [3.05, 3.63) is 29.3 Å². The highest BCUT2D eigenvalue weighted by Crippen LogP contribution is 2.24. The highest BCUT2D eigenvalue weighted by molar-refractivity contribution is 5.93. The van der Waals surface area contributed by atoms with E-state index in [1.165, 1.54) is 0 Å². The summed E-state index contributed by atoms with van der Waals surface area (Å²) >= 11 is 0. The molecular weight excluding hydrogens is 230 g/mol. The molecule has 98 valence electrons. The maximum atomic E-state index is 11.3. The summed E-state index contributed by atoms with van der Waals surface area (Å²) in [6, 6.07) is 5.85. The molecule has 1 N–H and O–H groups in total. The molecule has 0 saturated heterocycles. The molecule has 0 amide bonds. The summed E-state index contributed by atoms with van der Waals surface area (Å²) < 4.78 is 10.7. The summed E-state index contributed by atoms with van der Waals surface area (Å²) in [5.41, 5.74) is 1.56. The van der Waals surface area contributed by atoms with Gasteiger partial charge in [0.15, 0.2) is 0 Å². The smallest absolute Gasteiger partial charge is 0.338 e. The van der Waals surface area contributed by atoms with Crippen LogP contribution in [0.15, 0.2) is 18.2 Å². The van der Waals surface area contributed by atoms with E-state index >= 15 is 0 Å². The lowest BCUT2D eigenvalue weighted by Gasteiger charge is -2.16. The van der Waals surface area contributed by atoms with Crippen molar-refractivity contribution in [1.82, 2.24) is 5.32 Å². The molecule has 0 radical (unpaired) electrons. The first-order valence-electron chi connectivity index (χ1n) is 6.40. The van der Waals surface area contributed by atoms with Crippen molar-refractivity contribution < 1.29 is 14.3 Å². The molecule has 1 unspecified atom stereocenters. The topological polar surface area (TPSA) is 47.6 Å². The van der Waals surface area contributed by atoms with Crippen LogP contribution in [0.1, 0.15) is 36.2 Å². The van der Waals surface area contributed by atoms with E-state index in [1.807, 2.05) is 12.1 Å². The molecule has 4 nitrogen and oxygen atoms in total. The molecule has 1 aromatic carbocycles. The van der Waals surface area contributed by atoms with Gasteiger partial charge in [0.1, 0.15) is 19.0 Å². The average molecular weight is 249 g/mol. The number of rotatable bonds is 6. The van der Waals surface area contributed by atoms with E-state index in [9.17, 15) is 4.79 Å². The third-order valence-electron chi connectivity index (χ3n) is 3.09. The van der Waals surface area contributed by atoms with Crippen LogP contribution in [0.5, 0.6) is 5.75 Å². The second-order valence-electron chi connectivity index (χ2n) is 4.37. The third-order valence-corrected chi connectivity index (χ3v) is 3.09. The summed E-state index contributed by atoms with van der Waals surface area (Å²) in [7, 11) is 0. The molecule has 1 aliphatic rings. The molecule has 0 saturated carbocycles. The second kappa shape index (κ2) is 5.87. The summed E-state index contributed by atoms with van der Waals surface area (Å²) in [4.78, 5) is 11.3. The molecule has 1 aliphatic heterocycles. The summed E-state index contributed by atoms with van der Waals surface area (Å²) in [5, 5.41) is 3.36. The Bertz CT molecular complexity index is 431. The van der Waals surface area contributed by atoms with Crippen LogP contribution in [0.2, 0.25) is 0 Å². The van der Waals surface area contributed by atoms with Crippen LogP contribution in [0.25, 0.3) is 0 Å². The Kier molecular flexibility index (Phi) is 4.20. The van der Waals surface area contributed by atoms with Crippen molar-refractivity contribution in [2.45, 2.75) is 32.9 Å². The fraction of sp³-hybridized carbons (Fsp3) is 0.500. The van der Waals surface area contributed by atoms with Crippen molar-refractivity contribution in [1.29, 1.82) is 0 Å². The first-order chi connectivity index (χ1) is 8.74. The fourth-order valence-electron chi connectivity index (χ4n) is 2.01. The van der Waals surface area contributed by atoms with Gasteiger partial charge in [-0.15, -0.1) is 0 Å². The molecule has 0 bridgehead atoms. The standard InChI is InChI=1S/C14H19NO3/c1-3-11(15-4-2)9-17-12-5-6-13-10(7-12)8-18-14(13)16/h5-7,11,15H,3-4,8-9H2,1-2H3. The second-order valence-corrected chi connectivity index (χ2v) is 4.37. The van der Waals surface area contributed by atoms with Crippen molar-refractivity contribution in [2.24, 2.45) is 0 Å². The third kappa shape index (κ3) is 2.82. The lowest BCUT2D eigenvalue weighted by molar-refractivity contribution is 0.0535. The predicted molar refractivity (Wildman–Crippen MR) is 68.8 cm³/mol. The van der Waals surface area contributed by atoms with E-state index in [2.05, 4.69) is 19.2 Å². The van der Waals surface area contributed by atoms with Gasteiger partial charge in [0.05, 0.1) is 5.56 Å². The Morgan fingerprint density at radius 1 is 1.44 bits per heavy atom. The molecule has 1 aromatic rings. The largest absolute Gasteiger partial charge is 0.492 e. The van der Waals surface area contributed by atoms with Gasteiger partial charge in [-0.05, 0) is 31.2 Å². The molecule has 2 rings (SSSR count). The van der Waals surface area contributed by atoms with Crippen LogP contribution in [0.3, 0.4) is 0 Å². The van der Waals surface area contributed by atoms with Crippen molar-refractivity contribution in [3.63, 3.8) is 0 Å². The lowest BCUT2D eigenvalue weighted by atomic mass is 10.1. The van der Waals surface area contributed by atoms with E-state index in [0.717, 1.165) is 24.3 Å². The van der Waals surface area contributed by atoms with E-state index in [0.29, 0.717) is 24.8 Å². The molecule has 0 aromatic heterocycles. The van der Waals surface area contributed by atoms with E-state index in [-0.39, 0.29) is 5.97 Å². The van der Waals surface area contributed by atoms with E-state index in [4.69, 9.17) is 9.47 Å². The van der Waals surface area contributed by atoms with Gasteiger partial charge in [0, 0.05) is 11.6 Å². The van der Waals surface area contributed by atoms with Crippen LogP contribution in [0.4, 0.5) is 0 Å². The maximum absolute atomic E-state index is 11.3. The normalized spacial score (nSPS) is 15.1. The Morgan fingerprint density at radius 3 is 3.00 bits per heavy atom. The first-order valence-corrected chi connectivity index (χ1v) is 6.40. The summed E-state index contributed by atoms with van der Waals surface area (Å²) in [5.74, 6) is 0.555. The number of hydrogen-bond acceptors (Lipinski definition) is 4. The molecule has 18 heavy (non-hydrogen) atoms. The van der Waals surface area contributed by atoms with Crippen LogP contribution in [-0.4, -0.2) is 25.2 Å².